The number of rotatable bonds is 4. The Kier molecular flexibility index (Phi) is 6.34. The van der Waals surface area contributed by atoms with Crippen LogP contribution in [0.15, 0.2) is 82.7 Å². The molecule has 1 N–H and O–H groups in total. The number of anilines is 1. The highest BCUT2D eigenvalue weighted by atomic mass is 35.5. The molecule has 0 saturated carbocycles. The SMILES string of the molecule is O=C(Nc1ccc(Cl)cc1)Sc1ccccc1N=Cc1ccc(Cl)cc1. The monoisotopic (exact) mass is 400 g/mol. The molecule has 0 unspecified atom stereocenters. The normalized spacial score (nSPS) is 10.8. The third-order valence-electron chi connectivity index (χ3n) is 3.38. The summed E-state index contributed by atoms with van der Waals surface area (Å²) >= 11 is 12.8. The highest BCUT2D eigenvalue weighted by molar-refractivity contribution is 8.14. The Hall–Kier alpha value is -2.27. The van der Waals surface area contributed by atoms with Gasteiger partial charge in [-0.25, -0.2) is 0 Å². The maximum atomic E-state index is 12.3. The number of thioether (sulfide) groups is 1. The first-order chi connectivity index (χ1) is 12.6. The lowest BCUT2D eigenvalue weighted by Gasteiger charge is -2.07. The van der Waals surface area contributed by atoms with E-state index in [1.54, 1.807) is 30.5 Å². The maximum absolute atomic E-state index is 12.3. The molecule has 0 aliphatic rings. The molecular formula is C20H14Cl2N2OS. The second-order valence-electron chi connectivity index (χ2n) is 5.30. The Morgan fingerprint density at radius 1 is 0.885 bits per heavy atom. The lowest BCUT2D eigenvalue weighted by molar-refractivity contribution is 0.270. The third kappa shape index (κ3) is 5.36. The van der Waals surface area contributed by atoms with Crippen LogP contribution in [0.25, 0.3) is 0 Å². The predicted molar refractivity (Wildman–Crippen MR) is 111 cm³/mol. The summed E-state index contributed by atoms with van der Waals surface area (Å²) in [6, 6.07) is 21.8. The van der Waals surface area contributed by atoms with Gasteiger partial charge in [0.1, 0.15) is 0 Å². The van der Waals surface area contributed by atoms with E-state index in [1.807, 2.05) is 48.5 Å². The molecule has 3 rings (SSSR count). The van der Waals surface area contributed by atoms with E-state index in [9.17, 15) is 4.79 Å². The Labute approximate surface area is 166 Å². The van der Waals surface area contributed by atoms with E-state index in [4.69, 9.17) is 23.2 Å². The van der Waals surface area contributed by atoms with Crippen LogP contribution in [-0.4, -0.2) is 11.5 Å². The molecule has 0 aliphatic heterocycles. The zero-order valence-corrected chi connectivity index (χ0v) is 15.9. The topological polar surface area (TPSA) is 41.5 Å². The number of halogens is 2. The Morgan fingerprint density at radius 2 is 1.50 bits per heavy atom. The van der Waals surface area contributed by atoms with E-state index < -0.39 is 0 Å². The summed E-state index contributed by atoms with van der Waals surface area (Å²) in [6.45, 7) is 0. The number of aliphatic imine (C=N–C) groups is 1. The van der Waals surface area contributed by atoms with Gasteiger partial charge in [-0.05, 0) is 65.9 Å². The standard InChI is InChI=1S/C20H14Cl2N2OS/c21-15-7-5-14(6-8-15)13-23-18-3-1-2-4-19(18)26-20(25)24-17-11-9-16(22)10-12-17/h1-13H,(H,24,25). The van der Waals surface area contributed by atoms with Crippen LogP contribution >= 0.6 is 35.0 Å². The van der Waals surface area contributed by atoms with Gasteiger partial charge in [-0.3, -0.25) is 9.79 Å². The molecule has 1 amide bonds. The Balaban J connectivity index is 1.71. The molecule has 0 saturated heterocycles. The molecule has 0 radical (unpaired) electrons. The van der Waals surface area contributed by atoms with Gasteiger partial charge in [-0.15, -0.1) is 0 Å². The first-order valence-corrected chi connectivity index (χ1v) is 9.30. The minimum Gasteiger partial charge on any atom is -0.317 e. The number of hydrogen-bond donors (Lipinski definition) is 1. The van der Waals surface area contributed by atoms with Crippen molar-refractivity contribution in [2.24, 2.45) is 4.99 Å². The van der Waals surface area contributed by atoms with Crippen LogP contribution in [0.3, 0.4) is 0 Å². The van der Waals surface area contributed by atoms with Crippen molar-refractivity contribution in [1.82, 2.24) is 0 Å². The van der Waals surface area contributed by atoms with Crippen molar-refractivity contribution < 1.29 is 4.79 Å². The summed E-state index contributed by atoms with van der Waals surface area (Å²) in [5.74, 6) is 0. The molecular weight excluding hydrogens is 387 g/mol. The first kappa shape index (κ1) is 18.5. The zero-order valence-electron chi connectivity index (χ0n) is 13.5. The summed E-state index contributed by atoms with van der Waals surface area (Å²) < 4.78 is 0. The number of nitrogens with zero attached hydrogens (tertiary/aromatic N) is 1. The van der Waals surface area contributed by atoms with E-state index >= 15 is 0 Å². The predicted octanol–water partition coefficient (Wildman–Crippen LogP) is 7.07. The summed E-state index contributed by atoms with van der Waals surface area (Å²) in [4.78, 5) is 17.5. The van der Waals surface area contributed by atoms with Crippen molar-refractivity contribution in [2.45, 2.75) is 4.90 Å². The minimum absolute atomic E-state index is 0.193. The molecule has 0 bridgehead atoms. The van der Waals surface area contributed by atoms with Crippen LogP contribution in [-0.2, 0) is 0 Å². The van der Waals surface area contributed by atoms with Crippen molar-refractivity contribution in [3.8, 4) is 0 Å². The first-order valence-electron chi connectivity index (χ1n) is 7.73. The minimum atomic E-state index is -0.193. The van der Waals surface area contributed by atoms with Crippen LogP contribution in [0.2, 0.25) is 10.0 Å². The highest BCUT2D eigenvalue weighted by Crippen LogP contribution is 2.30. The molecule has 0 atom stereocenters. The van der Waals surface area contributed by atoms with Gasteiger partial charge in [0, 0.05) is 26.8 Å². The summed E-state index contributed by atoms with van der Waals surface area (Å²) in [5.41, 5.74) is 2.34. The molecule has 6 heteroatoms. The van der Waals surface area contributed by atoms with Crippen molar-refractivity contribution in [1.29, 1.82) is 0 Å². The van der Waals surface area contributed by atoms with Gasteiger partial charge in [0.2, 0.25) is 0 Å². The van der Waals surface area contributed by atoms with E-state index in [0.717, 1.165) is 27.9 Å². The lowest BCUT2D eigenvalue weighted by atomic mass is 10.2. The number of para-hydroxylation sites is 1. The fraction of sp³-hybridized carbons (Fsp3) is 0. The van der Waals surface area contributed by atoms with Crippen molar-refractivity contribution in [3.05, 3.63) is 88.4 Å². The number of amides is 1. The van der Waals surface area contributed by atoms with Crippen LogP contribution in [0.4, 0.5) is 16.2 Å². The van der Waals surface area contributed by atoms with Gasteiger partial charge in [0.15, 0.2) is 0 Å². The van der Waals surface area contributed by atoms with E-state index in [-0.39, 0.29) is 5.24 Å². The fourth-order valence-electron chi connectivity index (χ4n) is 2.12. The van der Waals surface area contributed by atoms with Crippen molar-refractivity contribution in [2.75, 3.05) is 5.32 Å². The summed E-state index contributed by atoms with van der Waals surface area (Å²) in [7, 11) is 0. The number of hydrogen-bond acceptors (Lipinski definition) is 3. The van der Waals surface area contributed by atoms with Gasteiger partial charge in [-0.2, -0.15) is 0 Å². The smallest absolute Gasteiger partial charge is 0.288 e. The second-order valence-corrected chi connectivity index (χ2v) is 7.19. The number of benzene rings is 3. The Bertz CT molecular complexity index is 925. The molecule has 26 heavy (non-hydrogen) atoms. The van der Waals surface area contributed by atoms with Crippen molar-refractivity contribution >= 4 is 57.8 Å². The summed E-state index contributed by atoms with van der Waals surface area (Å²) in [6.07, 6.45) is 1.74. The van der Waals surface area contributed by atoms with E-state index in [2.05, 4.69) is 10.3 Å². The Morgan fingerprint density at radius 3 is 2.19 bits per heavy atom. The summed E-state index contributed by atoms with van der Waals surface area (Å²) in [5, 5.41) is 3.93. The fourth-order valence-corrected chi connectivity index (χ4v) is 3.11. The van der Waals surface area contributed by atoms with Crippen LogP contribution < -0.4 is 5.32 Å². The molecule has 0 heterocycles. The van der Waals surface area contributed by atoms with E-state index in [1.165, 1.54) is 0 Å². The van der Waals surface area contributed by atoms with E-state index in [0.29, 0.717) is 15.7 Å². The van der Waals surface area contributed by atoms with Crippen LogP contribution in [0.1, 0.15) is 5.56 Å². The number of carbonyl (C=O) groups excluding carboxylic acids is 1. The molecule has 3 aromatic carbocycles. The van der Waals surface area contributed by atoms with Gasteiger partial charge in [0.05, 0.1) is 5.69 Å². The molecule has 0 spiro atoms. The third-order valence-corrected chi connectivity index (χ3v) is 4.74. The van der Waals surface area contributed by atoms with Crippen molar-refractivity contribution in [3.63, 3.8) is 0 Å². The number of carbonyl (C=O) groups is 1. The number of nitrogens with one attached hydrogen (secondary N) is 1. The van der Waals surface area contributed by atoms with Gasteiger partial charge in [-0.1, -0.05) is 47.5 Å². The second kappa shape index (κ2) is 8.90. The molecule has 0 aromatic heterocycles. The molecule has 3 nitrogen and oxygen atoms in total. The molecule has 0 aliphatic carbocycles. The van der Waals surface area contributed by atoms with Crippen LogP contribution in [0, 0.1) is 0 Å². The quantitative estimate of drug-likeness (QED) is 0.375. The maximum Gasteiger partial charge on any atom is 0.288 e. The van der Waals surface area contributed by atoms with Gasteiger partial charge < -0.3 is 5.32 Å². The lowest BCUT2D eigenvalue weighted by Crippen LogP contribution is -2.04. The highest BCUT2D eigenvalue weighted by Gasteiger charge is 2.08. The van der Waals surface area contributed by atoms with Crippen LogP contribution in [0.5, 0.6) is 0 Å². The largest absolute Gasteiger partial charge is 0.317 e. The average molecular weight is 401 g/mol. The average Bonchev–Trinajstić information content (AvgIpc) is 2.64. The molecule has 3 aromatic rings. The molecule has 130 valence electrons. The zero-order chi connectivity index (χ0) is 18.4. The van der Waals surface area contributed by atoms with Gasteiger partial charge >= 0.3 is 0 Å². The molecule has 0 fully saturated rings. The van der Waals surface area contributed by atoms with Gasteiger partial charge in [0.25, 0.3) is 5.24 Å².